The summed E-state index contributed by atoms with van der Waals surface area (Å²) in [7, 11) is 0. The van der Waals surface area contributed by atoms with Crippen LogP contribution in [-0.4, -0.2) is 44.4 Å². The largest absolute Gasteiger partial charge is 0.435 e. The van der Waals surface area contributed by atoms with Crippen molar-refractivity contribution in [3.05, 3.63) is 68.4 Å². The summed E-state index contributed by atoms with van der Waals surface area (Å²) in [5, 5.41) is 11.4. The highest BCUT2D eigenvalue weighted by Crippen LogP contribution is 2.36. The summed E-state index contributed by atoms with van der Waals surface area (Å²) >= 11 is 7.85. The zero-order valence-electron chi connectivity index (χ0n) is 19.3. The first-order valence-electron chi connectivity index (χ1n) is 11.5. The Kier molecular flexibility index (Phi) is 6.78. The number of piperidine rings is 1. The van der Waals surface area contributed by atoms with E-state index in [2.05, 4.69) is 10.3 Å². The van der Waals surface area contributed by atoms with Crippen LogP contribution in [0.3, 0.4) is 0 Å². The Balaban J connectivity index is 1.16. The van der Waals surface area contributed by atoms with Crippen LogP contribution in [-0.2, 0) is 22.4 Å². The van der Waals surface area contributed by atoms with Crippen molar-refractivity contribution in [1.82, 2.24) is 19.7 Å². The van der Waals surface area contributed by atoms with Crippen molar-refractivity contribution in [2.45, 2.75) is 50.9 Å². The van der Waals surface area contributed by atoms with E-state index in [-0.39, 0.29) is 24.5 Å². The molecule has 7 nitrogen and oxygen atoms in total. The van der Waals surface area contributed by atoms with Crippen LogP contribution < -0.4 is 0 Å². The lowest BCUT2D eigenvalue weighted by atomic mass is 9.97. The van der Waals surface area contributed by atoms with Gasteiger partial charge in [0, 0.05) is 47.1 Å². The lowest BCUT2D eigenvalue weighted by molar-refractivity contribution is -0.142. The number of carbonyl (C=O) groups is 1. The number of rotatable bonds is 5. The number of thiazole rings is 1. The second kappa shape index (κ2) is 9.85. The quantitative estimate of drug-likeness (QED) is 0.425. The van der Waals surface area contributed by atoms with Gasteiger partial charge in [-0.2, -0.15) is 18.3 Å². The molecule has 0 bridgehead atoms. The first-order chi connectivity index (χ1) is 17.2. The van der Waals surface area contributed by atoms with Gasteiger partial charge in [0.15, 0.2) is 11.8 Å². The molecule has 0 saturated carbocycles. The van der Waals surface area contributed by atoms with Crippen LogP contribution in [0.15, 0.2) is 40.9 Å². The lowest BCUT2D eigenvalue weighted by Crippen LogP contribution is -2.40. The van der Waals surface area contributed by atoms with Crippen LogP contribution in [0.4, 0.5) is 13.2 Å². The van der Waals surface area contributed by atoms with Crippen molar-refractivity contribution >= 4 is 34.6 Å². The molecule has 2 aliphatic heterocycles. The van der Waals surface area contributed by atoms with Gasteiger partial charge < -0.3 is 9.74 Å². The van der Waals surface area contributed by atoms with Crippen LogP contribution in [0.25, 0.3) is 0 Å². The molecule has 0 aliphatic carbocycles. The van der Waals surface area contributed by atoms with Crippen molar-refractivity contribution in [2.75, 3.05) is 13.1 Å². The minimum atomic E-state index is -4.53. The Labute approximate surface area is 214 Å². The van der Waals surface area contributed by atoms with E-state index in [4.69, 9.17) is 21.4 Å². The topological polar surface area (TPSA) is 72.6 Å². The predicted octanol–water partition coefficient (Wildman–Crippen LogP) is 5.59. The SMILES string of the molecule is Cc1cc(C(F)(F)F)nn1CC(=O)N1CCC(c2nc(C3=NOC(c4ccccc4Cl)C3)cs2)CC1. The van der Waals surface area contributed by atoms with E-state index in [0.29, 0.717) is 30.2 Å². The zero-order valence-corrected chi connectivity index (χ0v) is 20.9. The van der Waals surface area contributed by atoms with Crippen molar-refractivity contribution in [2.24, 2.45) is 5.16 Å². The molecule has 1 atom stereocenters. The Bertz CT molecular complexity index is 1300. The fraction of sp³-hybridized carbons (Fsp3) is 0.417. The molecule has 2 aliphatic rings. The molecule has 36 heavy (non-hydrogen) atoms. The Hall–Kier alpha value is -2.92. The third-order valence-corrected chi connectivity index (χ3v) is 7.84. The maximum absolute atomic E-state index is 12.9. The molecule has 3 aromatic rings. The van der Waals surface area contributed by atoms with Gasteiger partial charge in [0.1, 0.15) is 12.3 Å². The van der Waals surface area contributed by atoms with Gasteiger partial charge in [-0.25, -0.2) is 4.98 Å². The second-order valence-electron chi connectivity index (χ2n) is 8.91. The summed E-state index contributed by atoms with van der Waals surface area (Å²) in [4.78, 5) is 24.8. The van der Waals surface area contributed by atoms with E-state index in [1.54, 1.807) is 16.2 Å². The van der Waals surface area contributed by atoms with Gasteiger partial charge in [-0.15, -0.1) is 11.3 Å². The van der Waals surface area contributed by atoms with Crippen LogP contribution in [0, 0.1) is 6.92 Å². The number of benzene rings is 1. The monoisotopic (exact) mass is 537 g/mol. The average molecular weight is 538 g/mol. The zero-order chi connectivity index (χ0) is 25.4. The second-order valence-corrected chi connectivity index (χ2v) is 10.2. The van der Waals surface area contributed by atoms with E-state index >= 15 is 0 Å². The third-order valence-electron chi connectivity index (χ3n) is 6.49. The summed E-state index contributed by atoms with van der Waals surface area (Å²) < 4.78 is 39.8. The van der Waals surface area contributed by atoms with Gasteiger partial charge in [-0.1, -0.05) is 35.0 Å². The smallest absolute Gasteiger partial charge is 0.387 e. The molecule has 0 spiro atoms. The van der Waals surface area contributed by atoms with Gasteiger partial charge in [0.2, 0.25) is 5.91 Å². The summed E-state index contributed by atoms with van der Waals surface area (Å²) in [5.74, 6) is -0.0327. The summed E-state index contributed by atoms with van der Waals surface area (Å²) in [6, 6.07) is 8.49. The Morgan fingerprint density at radius 1 is 1.25 bits per heavy atom. The number of likely N-dealkylation sites (tertiary alicyclic amines) is 1. The number of hydrogen-bond acceptors (Lipinski definition) is 6. The molecule has 12 heteroatoms. The highest BCUT2D eigenvalue weighted by molar-refractivity contribution is 7.10. The maximum atomic E-state index is 12.9. The number of oxime groups is 1. The van der Waals surface area contributed by atoms with Crippen molar-refractivity contribution < 1.29 is 22.8 Å². The molecular formula is C24H23ClF3N5O2S. The molecule has 1 unspecified atom stereocenters. The minimum Gasteiger partial charge on any atom is -0.387 e. The van der Waals surface area contributed by atoms with Gasteiger partial charge in [0.05, 0.1) is 10.7 Å². The van der Waals surface area contributed by atoms with Crippen LogP contribution in [0.5, 0.6) is 0 Å². The fourth-order valence-corrected chi connectivity index (χ4v) is 5.71. The number of amides is 1. The molecule has 0 radical (unpaired) electrons. The number of alkyl halides is 3. The number of aryl methyl sites for hydroxylation is 1. The minimum absolute atomic E-state index is 0.207. The van der Waals surface area contributed by atoms with Gasteiger partial charge >= 0.3 is 6.18 Å². The summed E-state index contributed by atoms with van der Waals surface area (Å²) in [6.07, 6.45) is -2.72. The molecule has 190 valence electrons. The number of halogens is 4. The lowest BCUT2D eigenvalue weighted by Gasteiger charge is -2.31. The summed E-state index contributed by atoms with van der Waals surface area (Å²) in [6.45, 7) is 2.34. The fourth-order valence-electron chi connectivity index (χ4n) is 4.45. The molecule has 1 saturated heterocycles. The molecule has 1 aromatic carbocycles. The van der Waals surface area contributed by atoms with E-state index in [0.717, 1.165) is 45.6 Å². The summed E-state index contributed by atoms with van der Waals surface area (Å²) in [5.41, 5.74) is 1.78. The third kappa shape index (κ3) is 5.12. The molecule has 5 rings (SSSR count). The standard InChI is InChI=1S/C24H23ClF3N5O2S/c1-14-10-21(24(26,27)28)30-33(14)12-22(34)32-8-6-15(7-9-32)23-29-19(13-36-23)18-11-20(35-31-18)16-4-2-3-5-17(16)25/h2-5,10,13,15,20H,6-9,11-12H2,1H3. The molecule has 4 heterocycles. The maximum Gasteiger partial charge on any atom is 0.435 e. The van der Waals surface area contributed by atoms with E-state index in [9.17, 15) is 18.0 Å². The molecule has 0 N–H and O–H groups in total. The highest BCUT2D eigenvalue weighted by Gasteiger charge is 2.35. The van der Waals surface area contributed by atoms with Crippen molar-refractivity contribution in [3.8, 4) is 0 Å². The molecule has 2 aromatic heterocycles. The number of nitrogens with zero attached hydrogens (tertiary/aromatic N) is 5. The van der Waals surface area contributed by atoms with Crippen molar-refractivity contribution in [1.29, 1.82) is 0 Å². The molecule has 1 amide bonds. The van der Waals surface area contributed by atoms with Gasteiger partial charge in [-0.05, 0) is 31.9 Å². The van der Waals surface area contributed by atoms with E-state index < -0.39 is 11.9 Å². The van der Waals surface area contributed by atoms with Crippen LogP contribution in [0.2, 0.25) is 5.02 Å². The van der Waals surface area contributed by atoms with Gasteiger partial charge in [-0.3, -0.25) is 9.48 Å². The molecule has 1 fully saturated rings. The van der Waals surface area contributed by atoms with Crippen molar-refractivity contribution in [3.63, 3.8) is 0 Å². The normalized spacial score (nSPS) is 18.9. The molecular weight excluding hydrogens is 515 g/mol. The first kappa shape index (κ1) is 24.8. The van der Waals surface area contributed by atoms with E-state index in [1.165, 1.54) is 6.92 Å². The number of hydrogen-bond donors (Lipinski definition) is 0. The first-order valence-corrected chi connectivity index (χ1v) is 12.8. The van der Waals surface area contributed by atoms with Gasteiger partial charge in [0.25, 0.3) is 0 Å². The van der Waals surface area contributed by atoms with E-state index in [1.807, 2.05) is 29.6 Å². The number of carbonyl (C=O) groups excluding carboxylic acids is 1. The van der Waals surface area contributed by atoms with Crippen LogP contribution >= 0.6 is 22.9 Å². The Morgan fingerprint density at radius 3 is 2.69 bits per heavy atom. The average Bonchev–Trinajstić information content (AvgIpc) is 3.59. The number of aromatic nitrogens is 3. The van der Waals surface area contributed by atoms with Crippen LogP contribution in [0.1, 0.15) is 58.9 Å². The predicted molar refractivity (Wildman–Crippen MR) is 129 cm³/mol. The Morgan fingerprint density at radius 2 is 2.00 bits per heavy atom. The highest BCUT2D eigenvalue weighted by atomic mass is 35.5.